The van der Waals surface area contributed by atoms with Gasteiger partial charge in [-0.05, 0) is 31.0 Å². The molecule has 2 aliphatic rings. The van der Waals surface area contributed by atoms with Crippen LogP contribution in [0, 0.1) is 0 Å². The van der Waals surface area contributed by atoms with Gasteiger partial charge < -0.3 is 5.32 Å². The second-order valence-electron chi connectivity index (χ2n) is 4.49. The molecule has 0 aromatic carbocycles. The minimum atomic E-state index is 0.616. The number of nitrogens with zero attached hydrogens (tertiary/aromatic N) is 2. The monoisotopic (exact) mass is 203 g/mol. The summed E-state index contributed by atoms with van der Waals surface area (Å²) in [5, 5.41) is 3.35. The van der Waals surface area contributed by atoms with Gasteiger partial charge in [0, 0.05) is 37.6 Å². The van der Waals surface area contributed by atoms with Crippen LogP contribution in [-0.2, 0) is 0 Å². The maximum atomic E-state index is 4.22. The van der Waals surface area contributed by atoms with E-state index in [0.29, 0.717) is 6.04 Å². The Labute approximate surface area is 90.5 Å². The third-order valence-electron chi connectivity index (χ3n) is 3.59. The maximum Gasteiger partial charge on any atom is 0.0367 e. The number of pyridine rings is 1. The van der Waals surface area contributed by atoms with Crippen molar-refractivity contribution in [2.24, 2.45) is 0 Å². The first-order valence-electron chi connectivity index (χ1n) is 5.81. The third kappa shape index (κ3) is 1.66. The normalized spacial score (nSPS) is 27.9. The van der Waals surface area contributed by atoms with Gasteiger partial charge in [0.05, 0.1) is 0 Å². The molecule has 1 unspecified atom stereocenters. The predicted molar refractivity (Wildman–Crippen MR) is 59.6 cm³/mol. The molecule has 15 heavy (non-hydrogen) atoms. The Kier molecular flexibility index (Phi) is 2.43. The average molecular weight is 203 g/mol. The molecule has 0 radical (unpaired) electrons. The lowest BCUT2D eigenvalue weighted by Crippen LogP contribution is -2.56. The van der Waals surface area contributed by atoms with Crippen LogP contribution in [0.5, 0.6) is 0 Å². The SMILES string of the molecule is c1cncc(C2CCCN2C2CNC2)c1. The van der Waals surface area contributed by atoms with E-state index in [0.717, 1.165) is 19.1 Å². The minimum Gasteiger partial charge on any atom is -0.314 e. The fourth-order valence-corrected chi connectivity index (χ4v) is 2.67. The zero-order valence-corrected chi connectivity index (χ0v) is 8.89. The summed E-state index contributed by atoms with van der Waals surface area (Å²) >= 11 is 0. The number of aromatic nitrogens is 1. The van der Waals surface area contributed by atoms with E-state index in [2.05, 4.69) is 21.3 Å². The first-order valence-corrected chi connectivity index (χ1v) is 5.81. The first kappa shape index (κ1) is 9.31. The Balaban J connectivity index is 1.79. The van der Waals surface area contributed by atoms with Crippen LogP contribution in [0.15, 0.2) is 24.5 Å². The van der Waals surface area contributed by atoms with Crippen molar-refractivity contribution in [3.8, 4) is 0 Å². The highest BCUT2D eigenvalue weighted by Crippen LogP contribution is 2.33. The van der Waals surface area contributed by atoms with E-state index in [-0.39, 0.29) is 0 Å². The lowest BCUT2D eigenvalue weighted by Gasteiger charge is -2.39. The highest BCUT2D eigenvalue weighted by molar-refractivity contribution is 5.16. The van der Waals surface area contributed by atoms with Crippen molar-refractivity contribution in [1.29, 1.82) is 0 Å². The van der Waals surface area contributed by atoms with E-state index >= 15 is 0 Å². The van der Waals surface area contributed by atoms with E-state index in [4.69, 9.17) is 0 Å². The summed E-state index contributed by atoms with van der Waals surface area (Å²) in [5.74, 6) is 0. The second kappa shape index (κ2) is 3.91. The molecule has 1 atom stereocenters. The van der Waals surface area contributed by atoms with E-state index in [1.54, 1.807) is 0 Å². The standard InChI is InChI=1S/C12H17N3/c1-3-10(7-13-5-1)12-4-2-6-15(12)11-8-14-9-11/h1,3,5,7,11-12,14H,2,4,6,8-9H2. The van der Waals surface area contributed by atoms with Gasteiger partial charge in [0.25, 0.3) is 0 Å². The van der Waals surface area contributed by atoms with Crippen molar-refractivity contribution in [3.63, 3.8) is 0 Å². The molecule has 1 aromatic heterocycles. The van der Waals surface area contributed by atoms with Crippen LogP contribution in [0.1, 0.15) is 24.4 Å². The lowest BCUT2D eigenvalue weighted by atomic mass is 10.0. The second-order valence-corrected chi connectivity index (χ2v) is 4.49. The summed E-state index contributed by atoms with van der Waals surface area (Å²) in [7, 11) is 0. The molecule has 0 saturated carbocycles. The molecule has 3 rings (SSSR count). The molecule has 0 aliphatic carbocycles. The molecule has 0 bridgehead atoms. The van der Waals surface area contributed by atoms with Crippen LogP contribution < -0.4 is 5.32 Å². The van der Waals surface area contributed by atoms with Crippen LogP contribution in [0.2, 0.25) is 0 Å². The Hall–Kier alpha value is -0.930. The predicted octanol–water partition coefficient (Wildman–Crippen LogP) is 1.19. The largest absolute Gasteiger partial charge is 0.314 e. The third-order valence-corrected chi connectivity index (χ3v) is 3.59. The van der Waals surface area contributed by atoms with Gasteiger partial charge in [0.2, 0.25) is 0 Å². The van der Waals surface area contributed by atoms with Crippen LogP contribution in [0.25, 0.3) is 0 Å². The summed E-state index contributed by atoms with van der Waals surface area (Å²) < 4.78 is 0. The van der Waals surface area contributed by atoms with E-state index in [9.17, 15) is 0 Å². The van der Waals surface area contributed by atoms with Crippen molar-refractivity contribution in [2.75, 3.05) is 19.6 Å². The van der Waals surface area contributed by atoms with Crippen LogP contribution >= 0.6 is 0 Å². The molecule has 0 amide bonds. The smallest absolute Gasteiger partial charge is 0.0367 e. The van der Waals surface area contributed by atoms with E-state index < -0.39 is 0 Å². The highest BCUT2D eigenvalue weighted by Gasteiger charge is 2.34. The van der Waals surface area contributed by atoms with Crippen molar-refractivity contribution < 1.29 is 0 Å². The number of hydrogen-bond donors (Lipinski definition) is 1. The van der Waals surface area contributed by atoms with Gasteiger partial charge in [-0.1, -0.05) is 6.07 Å². The molecular formula is C12H17N3. The summed E-state index contributed by atoms with van der Waals surface area (Å²) in [6, 6.07) is 5.64. The molecular weight excluding hydrogens is 186 g/mol. The Bertz CT molecular complexity index is 321. The fourth-order valence-electron chi connectivity index (χ4n) is 2.67. The first-order chi connectivity index (χ1) is 7.45. The van der Waals surface area contributed by atoms with Gasteiger partial charge in [-0.2, -0.15) is 0 Å². The molecule has 80 valence electrons. The molecule has 3 nitrogen and oxygen atoms in total. The Morgan fingerprint density at radius 2 is 2.33 bits per heavy atom. The Morgan fingerprint density at radius 3 is 3.00 bits per heavy atom. The number of nitrogens with one attached hydrogen (secondary N) is 1. The van der Waals surface area contributed by atoms with Gasteiger partial charge in [0.1, 0.15) is 0 Å². The number of hydrogen-bond acceptors (Lipinski definition) is 3. The van der Waals surface area contributed by atoms with Crippen molar-refractivity contribution in [3.05, 3.63) is 30.1 Å². The fraction of sp³-hybridized carbons (Fsp3) is 0.583. The average Bonchev–Trinajstić information content (AvgIpc) is 2.65. The summed E-state index contributed by atoms with van der Waals surface area (Å²) in [5.41, 5.74) is 1.39. The number of rotatable bonds is 2. The van der Waals surface area contributed by atoms with E-state index in [1.165, 1.54) is 24.9 Å². The summed E-state index contributed by atoms with van der Waals surface area (Å²) in [4.78, 5) is 6.87. The molecule has 1 aromatic rings. The minimum absolute atomic E-state index is 0.616. The van der Waals surface area contributed by atoms with Gasteiger partial charge in [-0.3, -0.25) is 9.88 Å². The molecule has 2 aliphatic heterocycles. The topological polar surface area (TPSA) is 28.2 Å². The van der Waals surface area contributed by atoms with Gasteiger partial charge >= 0.3 is 0 Å². The van der Waals surface area contributed by atoms with Crippen LogP contribution in [-0.4, -0.2) is 35.6 Å². The number of likely N-dealkylation sites (tertiary alicyclic amines) is 1. The van der Waals surface area contributed by atoms with Crippen molar-refractivity contribution in [1.82, 2.24) is 15.2 Å². The Morgan fingerprint density at radius 1 is 1.40 bits per heavy atom. The summed E-state index contributed by atoms with van der Waals surface area (Å²) in [6.45, 7) is 3.58. The van der Waals surface area contributed by atoms with Crippen LogP contribution in [0.4, 0.5) is 0 Å². The maximum absolute atomic E-state index is 4.22. The van der Waals surface area contributed by atoms with Crippen LogP contribution in [0.3, 0.4) is 0 Å². The molecule has 1 N–H and O–H groups in total. The lowest BCUT2D eigenvalue weighted by molar-refractivity contribution is 0.132. The summed E-state index contributed by atoms with van der Waals surface area (Å²) in [6.07, 6.45) is 6.50. The molecule has 3 heterocycles. The molecule has 3 heteroatoms. The molecule has 2 saturated heterocycles. The van der Waals surface area contributed by atoms with E-state index in [1.807, 2.05) is 18.5 Å². The molecule has 2 fully saturated rings. The quantitative estimate of drug-likeness (QED) is 0.782. The van der Waals surface area contributed by atoms with Crippen molar-refractivity contribution in [2.45, 2.75) is 24.9 Å². The van der Waals surface area contributed by atoms with Gasteiger partial charge in [0.15, 0.2) is 0 Å². The van der Waals surface area contributed by atoms with Gasteiger partial charge in [-0.25, -0.2) is 0 Å². The molecule has 0 spiro atoms. The zero-order valence-electron chi connectivity index (χ0n) is 8.89. The van der Waals surface area contributed by atoms with Gasteiger partial charge in [-0.15, -0.1) is 0 Å². The highest BCUT2D eigenvalue weighted by atomic mass is 15.3. The van der Waals surface area contributed by atoms with Crippen molar-refractivity contribution >= 4 is 0 Å². The zero-order chi connectivity index (χ0) is 10.1.